The number of amides is 1. The monoisotopic (exact) mass is 409 g/mol. The summed E-state index contributed by atoms with van der Waals surface area (Å²) in [6.07, 6.45) is 2.13. The van der Waals surface area contributed by atoms with E-state index in [0.717, 1.165) is 22.0 Å². The zero-order chi connectivity index (χ0) is 21.5. The lowest BCUT2D eigenvalue weighted by atomic mass is 10.0. The van der Waals surface area contributed by atoms with Crippen LogP contribution in [-0.4, -0.2) is 49.3 Å². The highest BCUT2D eigenvalue weighted by Gasteiger charge is 2.16. The van der Waals surface area contributed by atoms with Crippen molar-refractivity contribution in [3.8, 4) is 17.0 Å². The van der Waals surface area contributed by atoms with Gasteiger partial charge in [0.2, 0.25) is 11.9 Å². The molecule has 0 saturated carbocycles. The quantitative estimate of drug-likeness (QED) is 0.466. The van der Waals surface area contributed by atoms with Gasteiger partial charge in [0.1, 0.15) is 5.75 Å². The minimum Gasteiger partial charge on any atom is -0.497 e. The van der Waals surface area contributed by atoms with Gasteiger partial charge in [0.25, 0.3) is 0 Å². The number of methoxy groups -OCH3 is 1. The van der Waals surface area contributed by atoms with E-state index in [-0.39, 0.29) is 5.91 Å². The minimum atomic E-state index is -0.671. The standard InChI is InChI=1S/C22H27N5O3/c1-4-30-10-8-18(23)21(28)26-20-12-15(19-7-9-25-22(24-2)27-19)11-14-5-6-16(29-3)13-17(14)20/h5-7,9,11-13,18H,4,8,10,23H2,1-3H3,(H,26,28)(H,24,25,27). The summed E-state index contributed by atoms with van der Waals surface area (Å²) in [7, 11) is 3.37. The molecule has 0 saturated heterocycles. The van der Waals surface area contributed by atoms with Crippen molar-refractivity contribution in [3.05, 3.63) is 42.6 Å². The van der Waals surface area contributed by atoms with Gasteiger partial charge < -0.3 is 25.8 Å². The van der Waals surface area contributed by atoms with Crippen LogP contribution in [0.2, 0.25) is 0 Å². The van der Waals surface area contributed by atoms with Gasteiger partial charge in [-0.3, -0.25) is 4.79 Å². The van der Waals surface area contributed by atoms with Crippen molar-refractivity contribution < 1.29 is 14.3 Å². The van der Waals surface area contributed by atoms with Gasteiger partial charge in [-0.1, -0.05) is 6.07 Å². The Bertz CT molecular complexity index is 1020. The zero-order valence-corrected chi connectivity index (χ0v) is 17.4. The number of hydrogen-bond acceptors (Lipinski definition) is 7. The molecule has 3 aromatic rings. The second kappa shape index (κ2) is 10.00. The molecule has 2 aromatic carbocycles. The molecule has 3 rings (SSSR count). The summed E-state index contributed by atoms with van der Waals surface area (Å²) in [5, 5.41) is 7.70. The summed E-state index contributed by atoms with van der Waals surface area (Å²) < 4.78 is 10.7. The van der Waals surface area contributed by atoms with E-state index in [0.29, 0.717) is 37.0 Å². The molecule has 1 heterocycles. The zero-order valence-electron chi connectivity index (χ0n) is 17.4. The van der Waals surface area contributed by atoms with Crippen LogP contribution in [0.3, 0.4) is 0 Å². The molecule has 1 unspecified atom stereocenters. The lowest BCUT2D eigenvalue weighted by molar-refractivity contribution is -0.117. The Morgan fingerprint density at radius 3 is 2.80 bits per heavy atom. The lowest BCUT2D eigenvalue weighted by Gasteiger charge is -2.16. The van der Waals surface area contributed by atoms with E-state index in [9.17, 15) is 4.79 Å². The summed E-state index contributed by atoms with van der Waals surface area (Å²) in [5.41, 5.74) is 8.28. The molecule has 0 aliphatic heterocycles. The van der Waals surface area contributed by atoms with Crippen LogP contribution in [0.15, 0.2) is 42.6 Å². The molecule has 8 nitrogen and oxygen atoms in total. The molecule has 8 heteroatoms. The minimum absolute atomic E-state index is 0.269. The Morgan fingerprint density at radius 2 is 2.07 bits per heavy atom. The second-order valence-corrected chi connectivity index (χ2v) is 6.71. The molecular weight excluding hydrogens is 382 g/mol. The number of nitrogens with one attached hydrogen (secondary N) is 2. The number of fused-ring (bicyclic) bond motifs is 1. The fourth-order valence-electron chi connectivity index (χ4n) is 3.07. The summed E-state index contributed by atoms with van der Waals surface area (Å²) >= 11 is 0. The van der Waals surface area contributed by atoms with Gasteiger partial charge in [-0.05, 0) is 49.1 Å². The van der Waals surface area contributed by atoms with Crippen molar-refractivity contribution >= 4 is 28.3 Å². The lowest BCUT2D eigenvalue weighted by Crippen LogP contribution is -2.36. The van der Waals surface area contributed by atoms with E-state index in [1.54, 1.807) is 20.4 Å². The van der Waals surface area contributed by atoms with Crippen LogP contribution < -0.4 is 21.1 Å². The third-order valence-corrected chi connectivity index (χ3v) is 4.71. The van der Waals surface area contributed by atoms with Crippen LogP contribution >= 0.6 is 0 Å². The predicted molar refractivity (Wildman–Crippen MR) is 119 cm³/mol. The van der Waals surface area contributed by atoms with Crippen LogP contribution in [0.1, 0.15) is 13.3 Å². The average Bonchev–Trinajstić information content (AvgIpc) is 2.78. The van der Waals surface area contributed by atoms with Crippen molar-refractivity contribution in [2.24, 2.45) is 5.73 Å². The van der Waals surface area contributed by atoms with Crippen molar-refractivity contribution in [2.45, 2.75) is 19.4 Å². The van der Waals surface area contributed by atoms with Crippen molar-refractivity contribution in [1.29, 1.82) is 0 Å². The van der Waals surface area contributed by atoms with E-state index >= 15 is 0 Å². The second-order valence-electron chi connectivity index (χ2n) is 6.71. The first-order valence-electron chi connectivity index (χ1n) is 9.82. The molecule has 0 aliphatic carbocycles. The summed E-state index contributed by atoms with van der Waals surface area (Å²) in [6.45, 7) is 2.94. The molecule has 1 atom stereocenters. The van der Waals surface area contributed by atoms with Gasteiger partial charge in [-0.25, -0.2) is 9.97 Å². The smallest absolute Gasteiger partial charge is 0.241 e. The van der Waals surface area contributed by atoms with Crippen LogP contribution in [0.25, 0.3) is 22.0 Å². The molecule has 1 aromatic heterocycles. The van der Waals surface area contributed by atoms with Gasteiger partial charge in [0.15, 0.2) is 0 Å². The molecular formula is C22H27N5O3. The maximum absolute atomic E-state index is 12.7. The first kappa shape index (κ1) is 21.5. The number of nitrogens with zero attached hydrogens (tertiary/aromatic N) is 2. The van der Waals surface area contributed by atoms with Crippen LogP contribution in [0.5, 0.6) is 5.75 Å². The highest BCUT2D eigenvalue weighted by molar-refractivity contribution is 6.06. The highest BCUT2D eigenvalue weighted by Crippen LogP contribution is 2.33. The fourth-order valence-corrected chi connectivity index (χ4v) is 3.07. The number of carbonyl (C=O) groups is 1. The fraction of sp³-hybridized carbons (Fsp3) is 0.318. The van der Waals surface area contributed by atoms with E-state index in [1.807, 2.05) is 43.3 Å². The molecule has 4 N–H and O–H groups in total. The van der Waals surface area contributed by atoms with Gasteiger partial charge in [-0.15, -0.1) is 0 Å². The molecule has 0 radical (unpaired) electrons. The number of benzene rings is 2. The molecule has 158 valence electrons. The largest absolute Gasteiger partial charge is 0.497 e. The van der Waals surface area contributed by atoms with E-state index in [4.69, 9.17) is 15.2 Å². The SMILES string of the molecule is CCOCCC(N)C(=O)Nc1cc(-c2ccnc(NC)n2)cc2ccc(OC)cc12. The van der Waals surface area contributed by atoms with Gasteiger partial charge in [0.05, 0.1) is 18.8 Å². The number of carbonyl (C=O) groups excluding carboxylic acids is 1. The number of ether oxygens (including phenoxy) is 2. The van der Waals surface area contributed by atoms with Gasteiger partial charge in [0, 0.05) is 43.1 Å². The molecule has 0 fully saturated rings. The van der Waals surface area contributed by atoms with Crippen molar-refractivity contribution in [1.82, 2.24) is 9.97 Å². The topological polar surface area (TPSA) is 111 Å². The predicted octanol–water partition coefficient (Wildman–Crippen LogP) is 3.04. The first-order chi connectivity index (χ1) is 14.5. The van der Waals surface area contributed by atoms with E-state index in [1.165, 1.54) is 0 Å². The number of hydrogen-bond donors (Lipinski definition) is 3. The number of aromatic nitrogens is 2. The van der Waals surface area contributed by atoms with Crippen molar-refractivity contribution in [3.63, 3.8) is 0 Å². The van der Waals surface area contributed by atoms with Crippen LogP contribution in [0, 0.1) is 0 Å². The van der Waals surface area contributed by atoms with E-state index in [2.05, 4.69) is 20.6 Å². The highest BCUT2D eigenvalue weighted by atomic mass is 16.5. The average molecular weight is 409 g/mol. The third-order valence-electron chi connectivity index (χ3n) is 4.71. The van der Waals surface area contributed by atoms with E-state index < -0.39 is 6.04 Å². The summed E-state index contributed by atoms with van der Waals surface area (Å²) in [4.78, 5) is 21.4. The summed E-state index contributed by atoms with van der Waals surface area (Å²) in [6, 6.07) is 10.8. The summed E-state index contributed by atoms with van der Waals surface area (Å²) in [5.74, 6) is 0.950. The van der Waals surface area contributed by atoms with Crippen LogP contribution in [0.4, 0.5) is 11.6 Å². The molecule has 0 aliphatic rings. The Hall–Kier alpha value is -3.23. The number of rotatable bonds is 9. The third kappa shape index (κ3) is 5.03. The normalized spacial score (nSPS) is 11.9. The molecule has 30 heavy (non-hydrogen) atoms. The van der Waals surface area contributed by atoms with Crippen molar-refractivity contribution in [2.75, 3.05) is 38.0 Å². The molecule has 0 bridgehead atoms. The molecule has 0 spiro atoms. The Balaban J connectivity index is 2.00. The Kier molecular flexibility index (Phi) is 7.16. The molecule has 1 amide bonds. The van der Waals surface area contributed by atoms with Crippen LogP contribution in [-0.2, 0) is 9.53 Å². The maximum Gasteiger partial charge on any atom is 0.241 e. The Labute approximate surface area is 175 Å². The maximum atomic E-state index is 12.7. The number of nitrogens with two attached hydrogens (primary N) is 1. The Morgan fingerprint density at radius 1 is 1.23 bits per heavy atom. The van der Waals surface area contributed by atoms with Gasteiger partial charge in [-0.2, -0.15) is 0 Å². The number of anilines is 2. The first-order valence-corrected chi connectivity index (χ1v) is 9.82. The van der Waals surface area contributed by atoms with Gasteiger partial charge >= 0.3 is 0 Å².